The summed E-state index contributed by atoms with van der Waals surface area (Å²) in [6, 6.07) is 9.95. The Labute approximate surface area is 153 Å². The SMILES string of the molecule is CCOc1cc(/C=N/NC(=O)c2ccc(OC)c(I)c2)ccc1O. The van der Waals surface area contributed by atoms with E-state index in [1.807, 2.05) is 6.92 Å². The molecule has 0 aliphatic rings. The molecule has 0 spiro atoms. The molecule has 0 unspecified atom stereocenters. The number of halogens is 1. The summed E-state index contributed by atoms with van der Waals surface area (Å²) in [5.41, 5.74) is 3.64. The number of nitrogens with zero attached hydrogens (tertiary/aromatic N) is 1. The highest BCUT2D eigenvalue weighted by atomic mass is 127. The van der Waals surface area contributed by atoms with E-state index in [1.165, 1.54) is 12.3 Å². The summed E-state index contributed by atoms with van der Waals surface area (Å²) in [7, 11) is 1.58. The first kappa shape index (κ1) is 18.1. The largest absolute Gasteiger partial charge is 0.504 e. The van der Waals surface area contributed by atoms with Gasteiger partial charge in [-0.3, -0.25) is 4.79 Å². The molecular weight excluding hydrogens is 423 g/mol. The lowest BCUT2D eigenvalue weighted by atomic mass is 10.2. The van der Waals surface area contributed by atoms with Gasteiger partial charge in [-0.15, -0.1) is 0 Å². The molecule has 126 valence electrons. The fourth-order valence-electron chi connectivity index (χ4n) is 1.92. The maximum atomic E-state index is 12.1. The van der Waals surface area contributed by atoms with E-state index in [9.17, 15) is 9.90 Å². The third-order valence-electron chi connectivity index (χ3n) is 3.08. The summed E-state index contributed by atoms with van der Waals surface area (Å²) >= 11 is 2.10. The molecule has 0 saturated carbocycles. The van der Waals surface area contributed by atoms with Crippen LogP contribution in [0, 0.1) is 3.57 Å². The molecule has 1 amide bonds. The minimum absolute atomic E-state index is 0.0610. The van der Waals surface area contributed by atoms with Gasteiger partial charge in [0.05, 0.1) is 23.5 Å². The van der Waals surface area contributed by atoms with Crippen molar-refractivity contribution in [2.45, 2.75) is 6.92 Å². The van der Waals surface area contributed by atoms with Crippen molar-refractivity contribution in [3.63, 3.8) is 0 Å². The average molecular weight is 440 g/mol. The summed E-state index contributed by atoms with van der Waals surface area (Å²) in [4.78, 5) is 12.1. The summed E-state index contributed by atoms with van der Waals surface area (Å²) in [6.07, 6.45) is 1.48. The predicted octanol–water partition coefficient (Wildman–Crippen LogP) is 3.17. The quantitative estimate of drug-likeness (QED) is 0.411. The van der Waals surface area contributed by atoms with Gasteiger partial charge in [0.15, 0.2) is 11.5 Å². The van der Waals surface area contributed by atoms with Crippen LogP contribution in [0.5, 0.6) is 17.2 Å². The Kier molecular flexibility index (Phi) is 6.42. The van der Waals surface area contributed by atoms with E-state index in [4.69, 9.17) is 9.47 Å². The zero-order valence-electron chi connectivity index (χ0n) is 13.2. The predicted molar refractivity (Wildman–Crippen MR) is 100 cm³/mol. The first-order chi connectivity index (χ1) is 11.5. The number of rotatable bonds is 6. The molecule has 6 nitrogen and oxygen atoms in total. The molecule has 0 bridgehead atoms. The van der Waals surface area contributed by atoms with Crippen LogP contribution in [0.3, 0.4) is 0 Å². The van der Waals surface area contributed by atoms with Crippen molar-refractivity contribution in [1.82, 2.24) is 5.43 Å². The molecule has 0 aliphatic carbocycles. The molecule has 24 heavy (non-hydrogen) atoms. The molecule has 0 saturated heterocycles. The van der Waals surface area contributed by atoms with Gasteiger partial charge < -0.3 is 14.6 Å². The van der Waals surface area contributed by atoms with Crippen molar-refractivity contribution >= 4 is 34.7 Å². The second-order valence-electron chi connectivity index (χ2n) is 4.71. The number of methoxy groups -OCH3 is 1. The number of aromatic hydroxyl groups is 1. The molecule has 0 aromatic heterocycles. The van der Waals surface area contributed by atoms with Crippen LogP contribution < -0.4 is 14.9 Å². The molecular formula is C17H17IN2O4. The van der Waals surface area contributed by atoms with Crippen molar-refractivity contribution in [3.05, 3.63) is 51.1 Å². The number of phenols is 1. The Morgan fingerprint density at radius 2 is 2.08 bits per heavy atom. The number of hydrogen-bond acceptors (Lipinski definition) is 5. The summed E-state index contributed by atoms with van der Waals surface area (Å²) in [6.45, 7) is 2.28. The first-order valence-electron chi connectivity index (χ1n) is 7.18. The van der Waals surface area contributed by atoms with Gasteiger partial charge in [-0.1, -0.05) is 0 Å². The van der Waals surface area contributed by atoms with Crippen molar-refractivity contribution in [1.29, 1.82) is 0 Å². The lowest BCUT2D eigenvalue weighted by molar-refractivity contribution is 0.0955. The number of phenolic OH excluding ortho intramolecular Hbond substituents is 1. The van der Waals surface area contributed by atoms with Crippen LogP contribution in [-0.2, 0) is 0 Å². The van der Waals surface area contributed by atoms with Gasteiger partial charge in [0.25, 0.3) is 5.91 Å². The Balaban J connectivity index is 2.04. The molecule has 2 aromatic rings. The number of carbonyl (C=O) groups excluding carboxylic acids is 1. The van der Waals surface area contributed by atoms with E-state index >= 15 is 0 Å². The van der Waals surface area contributed by atoms with E-state index in [-0.39, 0.29) is 11.7 Å². The van der Waals surface area contributed by atoms with E-state index < -0.39 is 0 Å². The maximum absolute atomic E-state index is 12.1. The van der Waals surface area contributed by atoms with E-state index in [0.29, 0.717) is 29.2 Å². The molecule has 2 N–H and O–H groups in total. The Morgan fingerprint density at radius 1 is 1.29 bits per heavy atom. The number of ether oxygens (including phenoxy) is 2. The van der Waals surface area contributed by atoms with E-state index in [0.717, 1.165) is 3.57 Å². The van der Waals surface area contributed by atoms with Gasteiger partial charge >= 0.3 is 0 Å². The number of hydrogen-bond donors (Lipinski definition) is 2. The monoisotopic (exact) mass is 440 g/mol. The number of nitrogens with one attached hydrogen (secondary N) is 1. The molecule has 7 heteroatoms. The molecule has 0 fully saturated rings. The van der Waals surface area contributed by atoms with Crippen LogP contribution in [0.4, 0.5) is 0 Å². The zero-order valence-corrected chi connectivity index (χ0v) is 15.4. The Morgan fingerprint density at radius 3 is 2.75 bits per heavy atom. The Bertz CT molecular complexity index is 762. The van der Waals surface area contributed by atoms with E-state index in [2.05, 4.69) is 33.1 Å². The third kappa shape index (κ3) is 4.60. The van der Waals surface area contributed by atoms with Gasteiger partial charge in [-0.2, -0.15) is 5.10 Å². The molecule has 0 radical (unpaired) electrons. The highest BCUT2D eigenvalue weighted by Gasteiger charge is 2.08. The van der Waals surface area contributed by atoms with Gasteiger partial charge in [-0.25, -0.2) is 5.43 Å². The maximum Gasteiger partial charge on any atom is 0.271 e. The second-order valence-corrected chi connectivity index (χ2v) is 5.87. The van der Waals surface area contributed by atoms with Crippen molar-refractivity contribution in [2.24, 2.45) is 5.10 Å². The summed E-state index contributed by atoms with van der Waals surface area (Å²) in [5, 5.41) is 13.6. The fraction of sp³-hybridized carbons (Fsp3) is 0.176. The van der Waals surface area contributed by atoms with Crippen molar-refractivity contribution < 1.29 is 19.4 Å². The van der Waals surface area contributed by atoms with Crippen LogP contribution in [0.25, 0.3) is 0 Å². The molecule has 2 rings (SSSR count). The van der Waals surface area contributed by atoms with E-state index in [1.54, 1.807) is 37.4 Å². The highest BCUT2D eigenvalue weighted by molar-refractivity contribution is 14.1. The lowest BCUT2D eigenvalue weighted by Gasteiger charge is -2.06. The van der Waals surface area contributed by atoms with Crippen LogP contribution in [-0.4, -0.2) is 30.9 Å². The van der Waals surface area contributed by atoms with Crippen molar-refractivity contribution in [3.8, 4) is 17.2 Å². The number of amides is 1. The third-order valence-corrected chi connectivity index (χ3v) is 3.92. The number of benzene rings is 2. The molecule has 0 aliphatic heterocycles. The Hall–Kier alpha value is -2.29. The van der Waals surface area contributed by atoms with Crippen molar-refractivity contribution in [2.75, 3.05) is 13.7 Å². The summed E-state index contributed by atoms with van der Waals surface area (Å²) < 4.78 is 11.3. The van der Waals surface area contributed by atoms with Gasteiger partial charge in [-0.05, 0) is 71.5 Å². The van der Waals surface area contributed by atoms with Crippen LogP contribution >= 0.6 is 22.6 Å². The fourth-order valence-corrected chi connectivity index (χ4v) is 2.66. The topological polar surface area (TPSA) is 80.2 Å². The summed E-state index contributed by atoms with van der Waals surface area (Å²) in [5.74, 6) is 0.821. The smallest absolute Gasteiger partial charge is 0.271 e. The van der Waals surface area contributed by atoms with Gasteiger partial charge in [0.2, 0.25) is 0 Å². The zero-order chi connectivity index (χ0) is 17.5. The van der Waals surface area contributed by atoms with Crippen LogP contribution in [0.15, 0.2) is 41.5 Å². The lowest BCUT2D eigenvalue weighted by Crippen LogP contribution is -2.17. The number of hydrazone groups is 1. The normalized spacial score (nSPS) is 10.6. The van der Waals surface area contributed by atoms with Crippen LogP contribution in [0.1, 0.15) is 22.8 Å². The van der Waals surface area contributed by atoms with Gasteiger partial charge in [0.1, 0.15) is 5.75 Å². The molecule has 0 atom stereocenters. The molecule has 0 heterocycles. The minimum Gasteiger partial charge on any atom is -0.504 e. The second kappa shape index (κ2) is 8.53. The number of carbonyl (C=O) groups is 1. The highest BCUT2D eigenvalue weighted by Crippen LogP contribution is 2.26. The molecule has 2 aromatic carbocycles. The van der Waals surface area contributed by atoms with Crippen LogP contribution in [0.2, 0.25) is 0 Å². The van der Waals surface area contributed by atoms with Gasteiger partial charge in [0, 0.05) is 5.56 Å². The average Bonchev–Trinajstić information content (AvgIpc) is 2.57. The standard InChI is InChI=1S/C17H17IN2O4/c1-3-24-16-8-11(4-6-14(16)21)10-19-20-17(22)12-5-7-15(23-2)13(18)9-12/h4-10,21H,3H2,1-2H3,(H,20,22)/b19-10+. The minimum atomic E-state index is -0.323. The first-order valence-corrected chi connectivity index (χ1v) is 8.25.